The van der Waals surface area contributed by atoms with Gasteiger partial charge in [-0.25, -0.2) is 0 Å². The summed E-state index contributed by atoms with van der Waals surface area (Å²) >= 11 is 0. The van der Waals surface area contributed by atoms with Gasteiger partial charge in [0, 0.05) is 55.1 Å². The number of methoxy groups -OCH3 is 1. The van der Waals surface area contributed by atoms with E-state index in [0.29, 0.717) is 23.2 Å². The van der Waals surface area contributed by atoms with E-state index in [4.69, 9.17) is 4.74 Å². The number of anilines is 1. The van der Waals surface area contributed by atoms with Crippen LogP contribution in [0.5, 0.6) is 11.5 Å². The number of carbonyl (C=O) groups is 2. The summed E-state index contributed by atoms with van der Waals surface area (Å²) in [5.41, 5.74) is 4.79. The van der Waals surface area contributed by atoms with Crippen LogP contribution in [-0.2, 0) is 6.54 Å². The van der Waals surface area contributed by atoms with Crippen LogP contribution in [0.4, 0.5) is 5.69 Å². The molecule has 0 atom stereocenters. The highest BCUT2D eigenvalue weighted by Crippen LogP contribution is 2.33. The standard InChI is InChI=1S/C36H34N2O4/c1-42-35-25-30(34(40)19-13-28-10-6-3-7-11-28)24-31(36(35)41)26-37-20-22-38(23-21-37)32-16-14-29(15-17-32)33(39)18-12-27-8-4-2-5-9-27/h2-19,24-25,41H,20-23,26H2,1H3/b18-12+,19-13+. The van der Waals surface area contributed by atoms with Crippen LogP contribution in [0.15, 0.2) is 109 Å². The van der Waals surface area contributed by atoms with Crippen LogP contribution in [0.3, 0.4) is 0 Å². The van der Waals surface area contributed by atoms with Crippen LogP contribution in [0.1, 0.15) is 37.4 Å². The molecule has 5 rings (SSSR count). The highest BCUT2D eigenvalue weighted by molar-refractivity contribution is 6.07. The molecule has 0 saturated carbocycles. The highest BCUT2D eigenvalue weighted by Gasteiger charge is 2.21. The van der Waals surface area contributed by atoms with E-state index in [1.165, 1.54) is 7.11 Å². The van der Waals surface area contributed by atoms with Gasteiger partial charge in [-0.3, -0.25) is 14.5 Å². The minimum atomic E-state index is -0.152. The van der Waals surface area contributed by atoms with Gasteiger partial charge in [-0.1, -0.05) is 72.8 Å². The van der Waals surface area contributed by atoms with E-state index < -0.39 is 0 Å². The lowest BCUT2D eigenvalue weighted by molar-refractivity contribution is 0.103. The van der Waals surface area contributed by atoms with Crippen molar-refractivity contribution in [3.8, 4) is 11.5 Å². The number of ketones is 2. The highest BCUT2D eigenvalue weighted by atomic mass is 16.5. The van der Waals surface area contributed by atoms with Crippen LogP contribution >= 0.6 is 0 Å². The van der Waals surface area contributed by atoms with Gasteiger partial charge in [0.15, 0.2) is 23.1 Å². The van der Waals surface area contributed by atoms with Gasteiger partial charge in [0.2, 0.25) is 0 Å². The van der Waals surface area contributed by atoms with Gasteiger partial charge < -0.3 is 14.7 Å². The molecule has 0 aromatic heterocycles. The van der Waals surface area contributed by atoms with E-state index in [1.54, 1.807) is 30.4 Å². The average Bonchev–Trinajstić information content (AvgIpc) is 3.05. The summed E-state index contributed by atoms with van der Waals surface area (Å²) < 4.78 is 5.39. The summed E-state index contributed by atoms with van der Waals surface area (Å²) in [7, 11) is 1.49. The molecule has 1 saturated heterocycles. The van der Waals surface area contributed by atoms with Gasteiger partial charge >= 0.3 is 0 Å². The number of hydrogen-bond donors (Lipinski definition) is 1. The molecule has 4 aromatic carbocycles. The number of nitrogens with zero attached hydrogens (tertiary/aromatic N) is 2. The molecule has 0 radical (unpaired) electrons. The zero-order valence-corrected chi connectivity index (χ0v) is 23.6. The maximum Gasteiger partial charge on any atom is 0.186 e. The maximum absolute atomic E-state index is 12.9. The molecule has 0 amide bonds. The molecule has 4 aromatic rings. The SMILES string of the molecule is COc1cc(C(=O)/C=C/c2ccccc2)cc(CN2CCN(c3ccc(C(=O)/C=C/c4ccccc4)cc3)CC2)c1O. The Morgan fingerprint density at radius 2 is 1.29 bits per heavy atom. The molecular weight excluding hydrogens is 524 g/mol. The molecule has 212 valence electrons. The number of benzene rings is 4. The molecule has 1 fully saturated rings. The van der Waals surface area contributed by atoms with Crippen molar-refractivity contribution in [1.29, 1.82) is 0 Å². The molecule has 0 bridgehead atoms. The fraction of sp³-hybridized carbons (Fsp3) is 0.167. The van der Waals surface area contributed by atoms with Crippen molar-refractivity contribution in [1.82, 2.24) is 4.90 Å². The fourth-order valence-corrected chi connectivity index (χ4v) is 4.99. The van der Waals surface area contributed by atoms with Crippen LogP contribution < -0.4 is 9.64 Å². The molecule has 0 spiro atoms. The number of phenols is 1. The van der Waals surface area contributed by atoms with E-state index >= 15 is 0 Å². The molecule has 0 unspecified atom stereocenters. The van der Waals surface area contributed by atoms with Gasteiger partial charge in [0.25, 0.3) is 0 Å². The Kier molecular flexibility index (Phi) is 9.27. The Morgan fingerprint density at radius 3 is 1.83 bits per heavy atom. The van der Waals surface area contributed by atoms with Gasteiger partial charge in [0.1, 0.15) is 0 Å². The predicted octanol–water partition coefficient (Wildman–Crippen LogP) is 6.52. The molecule has 1 aliphatic rings. The normalized spacial score (nSPS) is 14.0. The predicted molar refractivity (Wildman–Crippen MR) is 168 cm³/mol. The average molecular weight is 559 g/mol. The van der Waals surface area contributed by atoms with Crippen molar-refractivity contribution < 1.29 is 19.4 Å². The third-order valence-electron chi connectivity index (χ3n) is 7.39. The lowest BCUT2D eigenvalue weighted by Gasteiger charge is -2.36. The largest absolute Gasteiger partial charge is 0.504 e. The summed E-state index contributed by atoms with van der Waals surface area (Å²) in [6.07, 6.45) is 6.76. The third kappa shape index (κ3) is 7.22. The zero-order chi connectivity index (χ0) is 29.3. The molecule has 0 aliphatic carbocycles. The molecule has 6 heteroatoms. The van der Waals surface area contributed by atoms with E-state index in [0.717, 1.165) is 43.0 Å². The van der Waals surface area contributed by atoms with Crippen LogP contribution in [-0.4, -0.2) is 54.9 Å². The summed E-state index contributed by atoms with van der Waals surface area (Å²) in [6.45, 7) is 3.68. The Labute approximate surface area is 246 Å². The first-order chi connectivity index (χ1) is 20.5. The summed E-state index contributed by atoms with van der Waals surface area (Å²) in [6, 6.07) is 30.5. The van der Waals surface area contributed by atoms with E-state index in [9.17, 15) is 14.7 Å². The third-order valence-corrected chi connectivity index (χ3v) is 7.39. The number of rotatable bonds is 10. The Hall–Kier alpha value is -4.94. The van der Waals surface area contributed by atoms with Crippen molar-refractivity contribution in [3.05, 3.63) is 137 Å². The quantitative estimate of drug-likeness (QED) is 0.177. The summed E-state index contributed by atoms with van der Waals surface area (Å²) in [5, 5.41) is 10.8. The van der Waals surface area contributed by atoms with Crippen LogP contribution in [0.2, 0.25) is 0 Å². The number of hydrogen-bond acceptors (Lipinski definition) is 6. The molecule has 6 nitrogen and oxygen atoms in total. The first-order valence-electron chi connectivity index (χ1n) is 14.0. The van der Waals surface area contributed by atoms with Gasteiger partial charge in [-0.05, 0) is 59.7 Å². The number of phenolic OH excluding ortho intramolecular Hbond substituents is 1. The maximum atomic E-state index is 12.9. The smallest absolute Gasteiger partial charge is 0.186 e. The van der Waals surface area contributed by atoms with Crippen molar-refractivity contribution in [2.24, 2.45) is 0 Å². The lowest BCUT2D eigenvalue weighted by atomic mass is 10.0. The summed E-state index contributed by atoms with van der Waals surface area (Å²) in [5.74, 6) is 0.170. The topological polar surface area (TPSA) is 70.1 Å². The molecule has 1 aliphatic heterocycles. The van der Waals surface area contributed by atoms with Crippen molar-refractivity contribution in [2.75, 3.05) is 38.2 Å². The zero-order valence-electron chi connectivity index (χ0n) is 23.6. The van der Waals surface area contributed by atoms with Crippen molar-refractivity contribution >= 4 is 29.4 Å². The molecule has 1 N–H and O–H groups in total. The van der Waals surface area contributed by atoms with Crippen molar-refractivity contribution in [3.63, 3.8) is 0 Å². The second-order valence-corrected chi connectivity index (χ2v) is 10.2. The van der Waals surface area contributed by atoms with E-state index in [2.05, 4.69) is 9.80 Å². The Balaban J connectivity index is 1.19. The minimum Gasteiger partial charge on any atom is -0.504 e. The molecular formula is C36H34N2O4. The minimum absolute atomic E-state index is 0.0262. The first kappa shape index (κ1) is 28.6. The van der Waals surface area contributed by atoms with Gasteiger partial charge in [-0.2, -0.15) is 0 Å². The number of piperazine rings is 1. The number of carbonyl (C=O) groups excluding carboxylic acids is 2. The van der Waals surface area contributed by atoms with Gasteiger partial charge in [-0.15, -0.1) is 0 Å². The molecule has 1 heterocycles. The van der Waals surface area contributed by atoms with Crippen molar-refractivity contribution in [2.45, 2.75) is 6.54 Å². The van der Waals surface area contributed by atoms with E-state index in [-0.39, 0.29) is 23.1 Å². The lowest BCUT2D eigenvalue weighted by Crippen LogP contribution is -2.46. The Morgan fingerprint density at radius 1 is 0.738 bits per heavy atom. The number of allylic oxidation sites excluding steroid dienone is 2. The monoisotopic (exact) mass is 558 g/mol. The number of ether oxygens (including phenoxy) is 1. The van der Waals surface area contributed by atoms with Crippen LogP contribution in [0, 0.1) is 0 Å². The van der Waals surface area contributed by atoms with Crippen LogP contribution in [0.25, 0.3) is 12.2 Å². The Bertz CT molecular complexity index is 1570. The van der Waals surface area contributed by atoms with Gasteiger partial charge in [0.05, 0.1) is 7.11 Å². The second kappa shape index (κ2) is 13.6. The number of aromatic hydroxyl groups is 1. The first-order valence-corrected chi connectivity index (χ1v) is 14.0. The van der Waals surface area contributed by atoms with E-state index in [1.807, 2.05) is 91.0 Å². The second-order valence-electron chi connectivity index (χ2n) is 10.2. The molecule has 42 heavy (non-hydrogen) atoms. The summed E-state index contributed by atoms with van der Waals surface area (Å²) in [4.78, 5) is 30.1. The fourth-order valence-electron chi connectivity index (χ4n) is 4.99.